The molecule has 190 valence electrons. The Morgan fingerprint density at radius 2 is 1.69 bits per heavy atom. The number of aliphatic hydroxyl groups excluding tert-OH is 1. The summed E-state index contributed by atoms with van der Waals surface area (Å²) in [4.78, 5) is 13.9. The highest BCUT2D eigenvalue weighted by atomic mass is 19.4. The van der Waals surface area contributed by atoms with E-state index in [0.29, 0.717) is 28.0 Å². The smallest absolute Gasteiger partial charge is 0.487 e. The Morgan fingerprint density at radius 3 is 2.25 bits per heavy atom. The van der Waals surface area contributed by atoms with Gasteiger partial charge in [-0.25, -0.2) is 4.39 Å². The van der Waals surface area contributed by atoms with Crippen molar-refractivity contribution in [2.45, 2.75) is 58.1 Å². The zero-order chi connectivity index (χ0) is 26.4. The van der Waals surface area contributed by atoms with Crippen LogP contribution in [0.1, 0.15) is 73.2 Å². The Labute approximate surface area is 206 Å². The van der Waals surface area contributed by atoms with Gasteiger partial charge in [0.15, 0.2) is 5.78 Å². The van der Waals surface area contributed by atoms with Crippen LogP contribution in [-0.2, 0) is 0 Å². The number of alkyl halides is 3. The molecule has 4 rings (SSSR count). The van der Waals surface area contributed by atoms with Crippen molar-refractivity contribution in [3.8, 4) is 22.6 Å². The first kappa shape index (κ1) is 25.7. The normalized spacial score (nSPS) is 16.9. The highest BCUT2D eigenvalue weighted by molar-refractivity contribution is 6.14. The lowest BCUT2D eigenvalue weighted by Crippen LogP contribution is -2.35. The third-order valence-corrected chi connectivity index (χ3v) is 6.10. The van der Waals surface area contributed by atoms with Gasteiger partial charge in [0.05, 0.1) is 6.10 Å². The van der Waals surface area contributed by atoms with Crippen LogP contribution in [0.2, 0.25) is 0 Å². The Bertz CT molecular complexity index is 1280. The van der Waals surface area contributed by atoms with E-state index in [0.717, 1.165) is 12.1 Å². The molecule has 0 saturated carbocycles. The van der Waals surface area contributed by atoms with Crippen LogP contribution >= 0.6 is 0 Å². The summed E-state index contributed by atoms with van der Waals surface area (Å²) in [6, 6.07) is 12.0. The molecule has 36 heavy (non-hydrogen) atoms. The van der Waals surface area contributed by atoms with Crippen molar-refractivity contribution in [2.75, 3.05) is 0 Å². The van der Waals surface area contributed by atoms with Gasteiger partial charge < -0.3 is 14.6 Å². The molecule has 4 nitrogen and oxygen atoms in total. The van der Waals surface area contributed by atoms with E-state index < -0.39 is 35.4 Å². The van der Waals surface area contributed by atoms with Crippen LogP contribution in [0.3, 0.4) is 0 Å². The van der Waals surface area contributed by atoms with Crippen LogP contribution in [0.25, 0.3) is 11.1 Å². The highest BCUT2D eigenvalue weighted by Crippen LogP contribution is 2.48. The monoisotopic (exact) mass is 502 g/mol. The van der Waals surface area contributed by atoms with E-state index in [4.69, 9.17) is 4.74 Å². The number of hydrogen-bond acceptors (Lipinski definition) is 4. The summed E-state index contributed by atoms with van der Waals surface area (Å²) < 4.78 is 61.6. The van der Waals surface area contributed by atoms with Gasteiger partial charge in [-0.2, -0.15) is 0 Å². The lowest BCUT2D eigenvalue weighted by molar-refractivity contribution is -0.274. The average molecular weight is 503 g/mol. The van der Waals surface area contributed by atoms with Crippen LogP contribution in [0.15, 0.2) is 54.6 Å². The number of halogens is 4. The van der Waals surface area contributed by atoms with Crippen LogP contribution in [-0.4, -0.2) is 22.9 Å². The fourth-order valence-corrected chi connectivity index (χ4v) is 4.58. The molecule has 1 atom stereocenters. The summed E-state index contributed by atoms with van der Waals surface area (Å²) in [5, 5.41) is 11.2. The predicted molar refractivity (Wildman–Crippen MR) is 127 cm³/mol. The van der Waals surface area contributed by atoms with Gasteiger partial charge in [0.2, 0.25) is 0 Å². The Balaban J connectivity index is 1.95. The van der Waals surface area contributed by atoms with E-state index in [2.05, 4.69) is 4.74 Å². The number of carbonyl (C=O) groups excluding carboxylic acids is 1. The first-order valence-corrected chi connectivity index (χ1v) is 11.5. The number of benzene rings is 3. The molecule has 1 aliphatic heterocycles. The number of aliphatic hydroxyl groups is 1. The second-order valence-corrected chi connectivity index (χ2v) is 9.77. The van der Waals surface area contributed by atoms with Gasteiger partial charge in [-0.15, -0.1) is 13.2 Å². The van der Waals surface area contributed by atoms with Crippen LogP contribution in [0, 0.1) is 5.82 Å². The molecule has 3 aromatic carbocycles. The summed E-state index contributed by atoms with van der Waals surface area (Å²) in [7, 11) is 0. The highest BCUT2D eigenvalue weighted by Gasteiger charge is 2.38. The first-order chi connectivity index (χ1) is 16.8. The SMILES string of the molecule is CC(C)c1cc2c(c(-c3ccc(F)cc3)c1C(=O)c1ccc(OC(F)(F)F)cc1)[C@@H](O)CC(C)(C)O2. The van der Waals surface area contributed by atoms with E-state index in [-0.39, 0.29) is 23.5 Å². The van der Waals surface area contributed by atoms with Crippen molar-refractivity contribution in [1.29, 1.82) is 0 Å². The molecule has 0 aromatic heterocycles. The molecule has 1 N–H and O–H groups in total. The second-order valence-electron chi connectivity index (χ2n) is 9.77. The molecule has 0 bridgehead atoms. The number of rotatable bonds is 5. The summed E-state index contributed by atoms with van der Waals surface area (Å²) in [5.41, 5.74) is 1.76. The van der Waals surface area contributed by atoms with Crippen molar-refractivity contribution >= 4 is 5.78 Å². The lowest BCUT2D eigenvalue weighted by Gasteiger charge is -2.38. The Hall–Kier alpha value is -3.39. The minimum atomic E-state index is -4.85. The fourth-order valence-electron chi connectivity index (χ4n) is 4.58. The molecule has 0 saturated heterocycles. The molecule has 0 aliphatic carbocycles. The lowest BCUT2D eigenvalue weighted by atomic mass is 9.79. The van der Waals surface area contributed by atoms with Crippen molar-refractivity contribution < 1.29 is 36.9 Å². The maximum Gasteiger partial charge on any atom is 0.573 e. The predicted octanol–water partition coefficient (Wildman–Crippen LogP) is 7.34. The number of carbonyl (C=O) groups is 1. The Morgan fingerprint density at radius 1 is 1.08 bits per heavy atom. The molecular weight excluding hydrogens is 476 g/mol. The topological polar surface area (TPSA) is 55.8 Å². The third-order valence-electron chi connectivity index (χ3n) is 6.10. The molecule has 0 spiro atoms. The van der Waals surface area contributed by atoms with Crippen LogP contribution < -0.4 is 9.47 Å². The maximum atomic E-state index is 13.9. The molecule has 0 fully saturated rings. The van der Waals surface area contributed by atoms with Crippen molar-refractivity contribution in [3.63, 3.8) is 0 Å². The van der Waals surface area contributed by atoms with Crippen LogP contribution in [0.4, 0.5) is 17.6 Å². The molecule has 3 aromatic rings. The number of ketones is 1. The number of ether oxygens (including phenoxy) is 2. The molecule has 0 amide bonds. The van der Waals surface area contributed by atoms with Gasteiger partial charge in [-0.1, -0.05) is 26.0 Å². The summed E-state index contributed by atoms with van der Waals surface area (Å²) in [5.74, 6) is -1.06. The van der Waals surface area contributed by atoms with E-state index in [1.54, 1.807) is 6.07 Å². The minimum absolute atomic E-state index is 0.140. The van der Waals surface area contributed by atoms with Gasteiger partial charge in [0, 0.05) is 28.7 Å². The van der Waals surface area contributed by atoms with Gasteiger partial charge in [-0.3, -0.25) is 4.79 Å². The maximum absolute atomic E-state index is 13.9. The molecule has 0 unspecified atom stereocenters. The van der Waals surface area contributed by atoms with E-state index >= 15 is 0 Å². The summed E-state index contributed by atoms with van der Waals surface area (Å²) in [6.45, 7) is 7.51. The van der Waals surface area contributed by atoms with Gasteiger partial charge in [0.25, 0.3) is 0 Å². The van der Waals surface area contributed by atoms with Gasteiger partial charge in [-0.05, 0) is 73.4 Å². The average Bonchev–Trinajstić information content (AvgIpc) is 2.76. The van der Waals surface area contributed by atoms with Crippen molar-refractivity contribution in [3.05, 3.63) is 82.7 Å². The van der Waals surface area contributed by atoms with Crippen molar-refractivity contribution in [1.82, 2.24) is 0 Å². The fraction of sp³-hybridized carbons (Fsp3) is 0.321. The summed E-state index contributed by atoms with van der Waals surface area (Å²) >= 11 is 0. The zero-order valence-electron chi connectivity index (χ0n) is 20.2. The minimum Gasteiger partial charge on any atom is -0.487 e. The molecule has 8 heteroatoms. The Kier molecular flexibility index (Phi) is 6.60. The number of fused-ring (bicyclic) bond motifs is 1. The van der Waals surface area contributed by atoms with Crippen LogP contribution in [0.5, 0.6) is 11.5 Å². The molecule has 0 radical (unpaired) electrons. The molecular formula is C28H26F4O4. The molecule has 1 heterocycles. The van der Waals surface area contributed by atoms with E-state index in [9.17, 15) is 27.5 Å². The van der Waals surface area contributed by atoms with E-state index in [1.165, 1.54) is 36.4 Å². The van der Waals surface area contributed by atoms with E-state index in [1.807, 2.05) is 27.7 Å². The zero-order valence-corrected chi connectivity index (χ0v) is 20.2. The van der Waals surface area contributed by atoms with Crippen molar-refractivity contribution in [2.24, 2.45) is 0 Å². The third kappa shape index (κ3) is 5.23. The standard InChI is InChI=1S/C28H26F4O4/c1-15(2)20-13-22-25(21(33)14-27(3,4)36-22)23(16-5-9-18(29)10-6-16)24(20)26(34)17-7-11-19(12-8-17)35-28(30,31)32/h5-13,15,21,33H,14H2,1-4H3/t21-/m0/s1. The quantitative estimate of drug-likeness (QED) is 0.293. The van der Waals surface area contributed by atoms with Gasteiger partial charge in [0.1, 0.15) is 22.9 Å². The second kappa shape index (κ2) is 9.24. The number of hydrogen-bond donors (Lipinski definition) is 1. The van der Waals surface area contributed by atoms with Gasteiger partial charge >= 0.3 is 6.36 Å². The first-order valence-electron chi connectivity index (χ1n) is 11.5. The largest absolute Gasteiger partial charge is 0.573 e. The summed E-state index contributed by atoms with van der Waals surface area (Å²) in [6.07, 6.45) is -5.54. The molecule has 1 aliphatic rings.